The topological polar surface area (TPSA) is 71.3 Å². The van der Waals surface area contributed by atoms with Crippen molar-refractivity contribution >= 4 is 56.1 Å². The molecule has 0 aliphatic rings. The third-order valence-electron chi connectivity index (χ3n) is 4.26. The van der Waals surface area contributed by atoms with E-state index in [0.717, 1.165) is 10.2 Å². The van der Waals surface area contributed by atoms with Gasteiger partial charge in [0.2, 0.25) is 0 Å². The van der Waals surface area contributed by atoms with Crippen LogP contribution < -0.4 is 16.3 Å². The van der Waals surface area contributed by atoms with Crippen LogP contribution in [-0.4, -0.2) is 20.9 Å². The largest absolute Gasteiger partial charge is 0.331 e. The highest BCUT2D eigenvalue weighted by Gasteiger charge is 2.11. The molecule has 6 nitrogen and oxygen atoms in total. The minimum absolute atomic E-state index is 0.163. The molecule has 4 aromatic rings. The Morgan fingerprint density at radius 2 is 1.70 bits per heavy atom. The average molecular weight is 478 g/mol. The van der Waals surface area contributed by atoms with E-state index >= 15 is 0 Å². The van der Waals surface area contributed by atoms with Crippen LogP contribution in [-0.2, 0) is 0 Å². The fraction of sp³-hybridized carbons (Fsp3) is 0. The van der Waals surface area contributed by atoms with Crippen molar-refractivity contribution in [2.75, 3.05) is 5.32 Å². The maximum absolute atomic E-state index is 13.1. The summed E-state index contributed by atoms with van der Waals surface area (Å²) in [4.78, 5) is 17.7. The lowest BCUT2D eigenvalue weighted by molar-refractivity contribution is 0.940. The molecule has 0 aliphatic heterocycles. The number of thiocarbonyl (C=S) groups is 1. The van der Waals surface area contributed by atoms with Gasteiger partial charge in [-0.1, -0.05) is 46.3 Å². The van der Waals surface area contributed by atoms with Crippen LogP contribution >= 0.6 is 28.1 Å². The quantitative estimate of drug-likeness (QED) is 0.257. The molecule has 8 heteroatoms. The van der Waals surface area contributed by atoms with Gasteiger partial charge in [0.1, 0.15) is 0 Å². The highest BCUT2D eigenvalue weighted by molar-refractivity contribution is 9.10. The highest BCUT2D eigenvalue weighted by Crippen LogP contribution is 2.14. The first-order chi connectivity index (χ1) is 14.6. The van der Waals surface area contributed by atoms with Crippen LogP contribution in [0.25, 0.3) is 16.6 Å². The minimum atomic E-state index is -0.163. The zero-order valence-electron chi connectivity index (χ0n) is 15.6. The lowest BCUT2D eigenvalue weighted by Crippen LogP contribution is -2.26. The lowest BCUT2D eigenvalue weighted by atomic mass is 10.2. The molecule has 4 rings (SSSR count). The molecule has 2 N–H and O–H groups in total. The number of anilines is 1. The van der Waals surface area contributed by atoms with Crippen molar-refractivity contribution in [3.8, 4) is 5.69 Å². The third kappa shape index (κ3) is 4.45. The fourth-order valence-corrected chi connectivity index (χ4v) is 3.34. The number of aromatic nitrogens is 2. The zero-order valence-corrected chi connectivity index (χ0v) is 18.0. The first kappa shape index (κ1) is 19.9. The van der Waals surface area contributed by atoms with Crippen LogP contribution in [0.5, 0.6) is 0 Å². The number of nitrogens with one attached hydrogen (secondary N) is 2. The Hall–Kier alpha value is -3.36. The Bertz CT molecular complexity index is 1290. The van der Waals surface area contributed by atoms with E-state index in [1.807, 2.05) is 66.7 Å². The number of fused-ring (bicyclic) bond motifs is 1. The van der Waals surface area contributed by atoms with Crippen LogP contribution in [0.15, 0.2) is 93.2 Å². The van der Waals surface area contributed by atoms with Gasteiger partial charge in [-0.15, -0.1) is 0 Å². The Morgan fingerprint density at radius 1 is 1.00 bits per heavy atom. The van der Waals surface area contributed by atoms with Gasteiger partial charge >= 0.3 is 0 Å². The molecule has 0 atom stereocenters. The van der Waals surface area contributed by atoms with Crippen molar-refractivity contribution < 1.29 is 0 Å². The number of nitrogens with zero attached hydrogens (tertiary/aromatic N) is 3. The molecular weight excluding hydrogens is 462 g/mol. The number of halogens is 1. The summed E-state index contributed by atoms with van der Waals surface area (Å²) >= 11 is 8.67. The standard InChI is InChI=1S/C22H16BrN5OS/c23-15-10-12-16(13-11-15)25-22(30)27-24-14-20-26-19-9-5-4-8-18(19)21(29)28(20)17-6-2-1-3-7-17/h1-14H,(H2,25,27,30)/b24-14+. The summed E-state index contributed by atoms with van der Waals surface area (Å²) < 4.78 is 2.50. The van der Waals surface area contributed by atoms with Gasteiger partial charge in [-0.05, 0) is 60.7 Å². The predicted octanol–water partition coefficient (Wildman–Crippen LogP) is 4.47. The number of hydrogen-bond donors (Lipinski definition) is 2. The van der Waals surface area contributed by atoms with Crippen molar-refractivity contribution in [3.63, 3.8) is 0 Å². The van der Waals surface area contributed by atoms with Gasteiger partial charge in [0.25, 0.3) is 5.56 Å². The molecule has 0 fully saturated rings. The Balaban J connectivity index is 1.63. The SMILES string of the molecule is O=c1c2ccccc2nc(/C=N/NC(=S)Nc2ccc(Br)cc2)n1-c1ccccc1. The summed E-state index contributed by atoms with van der Waals surface area (Å²) in [5.41, 5.74) is 4.74. The number of hydrogen-bond acceptors (Lipinski definition) is 4. The van der Waals surface area contributed by atoms with E-state index in [1.54, 1.807) is 12.1 Å². The smallest absolute Gasteiger partial charge is 0.266 e. The molecule has 0 radical (unpaired) electrons. The van der Waals surface area contributed by atoms with E-state index in [-0.39, 0.29) is 5.56 Å². The van der Waals surface area contributed by atoms with Crippen LogP contribution in [0.3, 0.4) is 0 Å². The van der Waals surface area contributed by atoms with Crippen molar-refractivity contribution in [2.45, 2.75) is 0 Å². The molecule has 0 saturated heterocycles. The van der Waals surface area contributed by atoms with E-state index in [0.29, 0.717) is 27.5 Å². The summed E-state index contributed by atoms with van der Waals surface area (Å²) in [7, 11) is 0. The zero-order chi connectivity index (χ0) is 20.9. The van der Waals surface area contributed by atoms with Crippen molar-refractivity contribution in [1.29, 1.82) is 0 Å². The second kappa shape index (κ2) is 8.98. The number of para-hydroxylation sites is 2. The van der Waals surface area contributed by atoms with E-state index < -0.39 is 0 Å². The molecule has 0 spiro atoms. The Morgan fingerprint density at radius 3 is 2.47 bits per heavy atom. The molecule has 0 unspecified atom stereocenters. The van der Waals surface area contributed by atoms with Gasteiger partial charge in [0.05, 0.1) is 22.8 Å². The third-order valence-corrected chi connectivity index (χ3v) is 4.99. The van der Waals surface area contributed by atoms with E-state index in [2.05, 4.69) is 36.8 Å². The van der Waals surface area contributed by atoms with Gasteiger partial charge in [-0.25, -0.2) is 4.98 Å². The Kier molecular flexibility index (Phi) is 5.97. The average Bonchev–Trinajstić information content (AvgIpc) is 2.76. The molecule has 148 valence electrons. The number of hydrazone groups is 1. The normalized spacial score (nSPS) is 11.0. The molecule has 1 heterocycles. The highest BCUT2D eigenvalue weighted by atomic mass is 79.9. The van der Waals surface area contributed by atoms with Crippen LogP contribution in [0.1, 0.15) is 5.82 Å². The molecule has 3 aromatic carbocycles. The summed E-state index contributed by atoms with van der Waals surface area (Å²) in [5, 5.41) is 8.08. The van der Waals surface area contributed by atoms with Crippen LogP contribution in [0.2, 0.25) is 0 Å². The van der Waals surface area contributed by atoms with Crippen molar-refractivity contribution in [1.82, 2.24) is 15.0 Å². The van der Waals surface area contributed by atoms with Crippen LogP contribution in [0, 0.1) is 0 Å². The number of rotatable bonds is 4. The van der Waals surface area contributed by atoms with Gasteiger partial charge in [-0.3, -0.25) is 14.8 Å². The molecule has 0 aliphatic carbocycles. The fourth-order valence-electron chi connectivity index (χ4n) is 2.90. The molecule has 0 amide bonds. The van der Waals surface area contributed by atoms with E-state index in [9.17, 15) is 4.79 Å². The second-order valence-corrected chi connectivity index (χ2v) is 7.62. The molecule has 30 heavy (non-hydrogen) atoms. The molecule has 1 aromatic heterocycles. The minimum Gasteiger partial charge on any atom is -0.331 e. The van der Waals surface area contributed by atoms with E-state index in [1.165, 1.54) is 10.8 Å². The van der Waals surface area contributed by atoms with Crippen LogP contribution in [0.4, 0.5) is 5.69 Å². The van der Waals surface area contributed by atoms with Gasteiger partial charge in [0.15, 0.2) is 10.9 Å². The van der Waals surface area contributed by atoms with Gasteiger partial charge in [0, 0.05) is 10.2 Å². The van der Waals surface area contributed by atoms with Crippen molar-refractivity contribution in [2.24, 2.45) is 5.10 Å². The predicted molar refractivity (Wildman–Crippen MR) is 128 cm³/mol. The first-order valence-corrected chi connectivity index (χ1v) is 10.2. The second-order valence-electron chi connectivity index (χ2n) is 6.29. The summed E-state index contributed by atoms with van der Waals surface area (Å²) in [6, 6.07) is 24.2. The summed E-state index contributed by atoms with van der Waals surface area (Å²) in [5.74, 6) is 0.392. The lowest BCUT2D eigenvalue weighted by Gasteiger charge is -2.11. The molecule has 0 saturated carbocycles. The van der Waals surface area contributed by atoms with Crippen molar-refractivity contribution in [3.05, 3.63) is 99.5 Å². The van der Waals surface area contributed by atoms with Gasteiger partial charge < -0.3 is 5.32 Å². The summed E-state index contributed by atoms with van der Waals surface area (Å²) in [6.45, 7) is 0. The number of benzene rings is 3. The monoisotopic (exact) mass is 477 g/mol. The molecule has 0 bridgehead atoms. The Labute approximate surface area is 186 Å². The van der Waals surface area contributed by atoms with Gasteiger partial charge in [-0.2, -0.15) is 5.10 Å². The van der Waals surface area contributed by atoms with E-state index in [4.69, 9.17) is 12.2 Å². The summed E-state index contributed by atoms with van der Waals surface area (Å²) in [6.07, 6.45) is 1.48. The first-order valence-electron chi connectivity index (χ1n) is 9.05. The maximum atomic E-state index is 13.1. The maximum Gasteiger partial charge on any atom is 0.266 e. The molecular formula is C22H16BrN5OS.